The van der Waals surface area contributed by atoms with E-state index in [1.807, 2.05) is 7.05 Å². The molecule has 100 valence electrons. The second kappa shape index (κ2) is 5.17. The zero-order valence-corrected chi connectivity index (χ0v) is 11.7. The average Bonchev–Trinajstić information content (AvgIpc) is 3.01. The van der Waals surface area contributed by atoms with Crippen molar-refractivity contribution in [3.05, 3.63) is 40.8 Å². The quantitative estimate of drug-likeness (QED) is 0.881. The van der Waals surface area contributed by atoms with Gasteiger partial charge in [-0.3, -0.25) is 0 Å². The fraction of sp³-hybridized carbons (Fsp3) is 0.438. The van der Waals surface area contributed by atoms with Crippen molar-refractivity contribution in [2.45, 2.75) is 32.6 Å². The minimum atomic E-state index is 0.947. The van der Waals surface area contributed by atoms with E-state index in [0.717, 1.165) is 24.5 Å². The summed E-state index contributed by atoms with van der Waals surface area (Å²) in [5.74, 6) is 1.07. The van der Waals surface area contributed by atoms with Crippen molar-refractivity contribution in [2.75, 3.05) is 13.6 Å². The first-order chi connectivity index (χ1) is 9.28. The van der Waals surface area contributed by atoms with Crippen LogP contribution in [0.5, 0.6) is 0 Å². The molecule has 0 unspecified atom stereocenters. The highest BCUT2D eigenvalue weighted by atomic mass is 14.9. The van der Waals surface area contributed by atoms with Gasteiger partial charge in [-0.1, -0.05) is 12.1 Å². The van der Waals surface area contributed by atoms with Crippen LogP contribution in [0.1, 0.15) is 29.1 Å². The lowest BCUT2D eigenvalue weighted by Gasteiger charge is -2.03. The monoisotopic (exact) mass is 255 g/mol. The second-order valence-electron chi connectivity index (χ2n) is 5.35. The highest BCUT2D eigenvalue weighted by Gasteiger charge is 2.14. The molecular formula is C16H21N3. The Kier molecular flexibility index (Phi) is 3.38. The molecule has 0 atom stereocenters. The summed E-state index contributed by atoms with van der Waals surface area (Å²) in [6.45, 7) is 3.06. The van der Waals surface area contributed by atoms with E-state index in [0.29, 0.717) is 0 Å². The van der Waals surface area contributed by atoms with Crippen molar-refractivity contribution in [1.29, 1.82) is 0 Å². The number of fused-ring (bicyclic) bond motifs is 1. The Balaban J connectivity index is 1.91. The normalized spacial score (nSPS) is 13.8. The van der Waals surface area contributed by atoms with E-state index >= 15 is 0 Å². The summed E-state index contributed by atoms with van der Waals surface area (Å²) in [6, 6.07) is 6.82. The summed E-state index contributed by atoms with van der Waals surface area (Å²) >= 11 is 0. The predicted molar refractivity (Wildman–Crippen MR) is 78.4 cm³/mol. The Morgan fingerprint density at radius 1 is 1.26 bits per heavy atom. The number of hydrogen-bond donors (Lipinski definition) is 2. The van der Waals surface area contributed by atoms with Gasteiger partial charge in [-0.2, -0.15) is 0 Å². The lowest BCUT2D eigenvalue weighted by molar-refractivity contribution is 0.763. The zero-order valence-electron chi connectivity index (χ0n) is 11.7. The maximum absolute atomic E-state index is 4.75. The van der Waals surface area contributed by atoms with Crippen molar-refractivity contribution in [3.8, 4) is 11.3 Å². The Morgan fingerprint density at radius 3 is 2.95 bits per heavy atom. The molecule has 19 heavy (non-hydrogen) atoms. The highest BCUT2D eigenvalue weighted by Crippen LogP contribution is 2.28. The molecule has 0 saturated heterocycles. The Bertz CT molecular complexity index is 584. The average molecular weight is 255 g/mol. The van der Waals surface area contributed by atoms with Crippen LogP contribution < -0.4 is 5.32 Å². The number of aromatic amines is 1. The molecule has 0 aliphatic heterocycles. The van der Waals surface area contributed by atoms with Crippen LogP contribution in [0.4, 0.5) is 0 Å². The maximum atomic E-state index is 4.75. The van der Waals surface area contributed by atoms with E-state index in [2.05, 4.69) is 35.4 Å². The summed E-state index contributed by atoms with van der Waals surface area (Å²) in [4.78, 5) is 8.14. The Labute approximate surface area is 114 Å². The Morgan fingerprint density at radius 2 is 2.11 bits per heavy atom. The van der Waals surface area contributed by atoms with E-state index in [1.165, 1.54) is 41.6 Å². The van der Waals surface area contributed by atoms with E-state index in [4.69, 9.17) is 4.98 Å². The second-order valence-corrected chi connectivity index (χ2v) is 5.35. The molecule has 1 aromatic heterocycles. The minimum absolute atomic E-state index is 0.947. The minimum Gasteiger partial charge on any atom is -0.346 e. The topological polar surface area (TPSA) is 40.7 Å². The third kappa shape index (κ3) is 2.43. The SMILES string of the molecule is CNCCc1nc(-c2ccc3c(c2)CCC3)c(C)[nH]1. The van der Waals surface area contributed by atoms with Gasteiger partial charge in [0.1, 0.15) is 5.82 Å². The van der Waals surface area contributed by atoms with Crippen LogP contribution in [0.3, 0.4) is 0 Å². The molecule has 3 heteroatoms. The van der Waals surface area contributed by atoms with Gasteiger partial charge >= 0.3 is 0 Å². The van der Waals surface area contributed by atoms with Crippen LogP contribution >= 0.6 is 0 Å². The third-order valence-corrected chi connectivity index (χ3v) is 3.92. The molecule has 0 fully saturated rings. The van der Waals surface area contributed by atoms with Crippen molar-refractivity contribution < 1.29 is 0 Å². The smallest absolute Gasteiger partial charge is 0.108 e. The first-order valence-electron chi connectivity index (χ1n) is 7.10. The lowest BCUT2D eigenvalue weighted by atomic mass is 10.0. The van der Waals surface area contributed by atoms with Crippen molar-refractivity contribution in [2.24, 2.45) is 0 Å². The van der Waals surface area contributed by atoms with Gasteiger partial charge in [0.25, 0.3) is 0 Å². The van der Waals surface area contributed by atoms with Gasteiger partial charge in [-0.25, -0.2) is 4.98 Å². The molecule has 2 aromatic rings. The van der Waals surface area contributed by atoms with Crippen LogP contribution in [-0.4, -0.2) is 23.6 Å². The first kappa shape index (κ1) is 12.4. The number of aromatic nitrogens is 2. The summed E-state index contributed by atoms with van der Waals surface area (Å²) in [6.07, 6.45) is 4.70. The van der Waals surface area contributed by atoms with Gasteiger partial charge in [0, 0.05) is 24.2 Å². The fourth-order valence-corrected chi connectivity index (χ4v) is 2.88. The standard InChI is InChI=1S/C16H21N3/c1-11-16(19-15(18-11)8-9-17-2)14-7-6-12-4-3-5-13(12)10-14/h6-7,10,17H,3-5,8-9H2,1-2H3,(H,18,19). The van der Waals surface area contributed by atoms with Crippen molar-refractivity contribution >= 4 is 0 Å². The molecule has 2 N–H and O–H groups in total. The molecule has 0 amide bonds. The van der Waals surface area contributed by atoms with Crippen LogP contribution in [0.15, 0.2) is 18.2 Å². The van der Waals surface area contributed by atoms with E-state index < -0.39 is 0 Å². The van der Waals surface area contributed by atoms with E-state index in [1.54, 1.807) is 0 Å². The number of hydrogen-bond acceptors (Lipinski definition) is 2. The van der Waals surface area contributed by atoms with Crippen LogP contribution in [0.2, 0.25) is 0 Å². The molecule has 3 nitrogen and oxygen atoms in total. The number of nitrogens with zero attached hydrogens (tertiary/aromatic N) is 1. The maximum Gasteiger partial charge on any atom is 0.108 e. The van der Waals surface area contributed by atoms with Gasteiger partial charge < -0.3 is 10.3 Å². The van der Waals surface area contributed by atoms with Gasteiger partial charge in [0.15, 0.2) is 0 Å². The van der Waals surface area contributed by atoms with Crippen LogP contribution in [-0.2, 0) is 19.3 Å². The zero-order chi connectivity index (χ0) is 13.2. The molecule has 3 rings (SSSR count). The molecule has 1 heterocycles. The summed E-state index contributed by atoms with van der Waals surface area (Å²) < 4.78 is 0. The summed E-state index contributed by atoms with van der Waals surface area (Å²) in [7, 11) is 1.97. The molecule has 0 bridgehead atoms. The summed E-state index contributed by atoms with van der Waals surface area (Å²) in [5, 5.41) is 3.16. The number of rotatable bonds is 4. The van der Waals surface area contributed by atoms with Crippen LogP contribution in [0, 0.1) is 6.92 Å². The molecule has 0 radical (unpaired) electrons. The van der Waals surface area contributed by atoms with Gasteiger partial charge in [-0.05, 0) is 50.4 Å². The highest BCUT2D eigenvalue weighted by molar-refractivity contribution is 5.64. The fourth-order valence-electron chi connectivity index (χ4n) is 2.88. The number of benzene rings is 1. The number of H-pyrrole nitrogens is 1. The molecule has 0 saturated carbocycles. The lowest BCUT2D eigenvalue weighted by Crippen LogP contribution is -2.11. The van der Waals surface area contributed by atoms with Crippen molar-refractivity contribution in [3.63, 3.8) is 0 Å². The van der Waals surface area contributed by atoms with Crippen LogP contribution in [0.25, 0.3) is 11.3 Å². The van der Waals surface area contributed by atoms with Gasteiger partial charge in [0.05, 0.1) is 5.69 Å². The Hall–Kier alpha value is -1.61. The molecule has 1 aliphatic rings. The molecular weight excluding hydrogens is 234 g/mol. The van der Waals surface area contributed by atoms with E-state index in [9.17, 15) is 0 Å². The number of likely N-dealkylation sites (N-methyl/N-ethyl adjacent to an activating group) is 1. The molecule has 1 aromatic carbocycles. The first-order valence-corrected chi connectivity index (χ1v) is 7.10. The third-order valence-electron chi connectivity index (χ3n) is 3.92. The number of nitrogens with one attached hydrogen (secondary N) is 2. The van der Waals surface area contributed by atoms with Crippen molar-refractivity contribution in [1.82, 2.24) is 15.3 Å². The summed E-state index contributed by atoms with van der Waals surface area (Å²) in [5.41, 5.74) is 6.57. The predicted octanol–water partition coefficient (Wildman–Crippen LogP) is 2.64. The molecule has 1 aliphatic carbocycles. The van der Waals surface area contributed by atoms with E-state index in [-0.39, 0.29) is 0 Å². The van der Waals surface area contributed by atoms with Gasteiger partial charge in [-0.15, -0.1) is 0 Å². The number of aryl methyl sites for hydroxylation is 3. The number of imidazole rings is 1. The molecule has 0 spiro atoms. The van der Waals surface area contributed by atoms with Gasteiger partial charge in [0.2, 0.25) is 0 Å². The largest absolute Gasteiger partial charge is 0.346 e.